The second kappa shape index (κ2) is 6.29. The molecule has 1 amide bonds. The molecule has 1 aliphatic rings. The van der Waals surface area contributed by atoms with Crippen LogP contribution in [0.1, 0.15) is 45.6 Å². The summed E-state index contributed by atoms with van der Waals surface area (Å²) in [7, 11) is 0. The van der Waals surface area contributed by atoms with Gasteiger partial charge in [-0.2, -0.15) is 0 Å². The van der Waals surface area contributed by atoms with Gasteiger partial charge in [-0.05, 0) is 42.4 Å². The van der Waals surface area contributed by atoms with E-state index >= 15 is 0 Å². The summed E-state index contributed by atoms with van der Waals surface area (Å²) in [6.07, 6.45) is 3.55. The van der Waals surface area contributed by atoms with Gasteiger partial charge in [0.15, 0.2) is 0 Å². The van der Waals surface area contributed by atoms with Gasteiger partial charge in [-0.15, -0.1) is 0 Å². The van der Waals surface area contributed by atoms with Gasteiger partial charge in [0.25, 0.3) is 0 Å². The summed E-state index contributed by atoms with van der Waals surface area (Å²) in [6.45, 7) is 8.85. The van der Waals surface area contributed by atoms with Crippen molar-refractivity contribution in [3.05, 3.63) is 29.8 Å². The number of carbonyl (C=O) groups is 1. The average molecular weight is 274 g/mol. The lowest BCUT2D eigenvalue weighted by molar-refractivity contribution is -0.130. The molecule has 0 atom stereocenters. The van der Waals surface area contributed by atoms with E-state index in [1.165, 1.54) is 12.0 Å². The Kier molecular flexibility index (Phi) is 4.69. The van der Waals surface area contributed by atoms with Crippen LogP contribution in [0.25, 0.3) is 0 Å². The van der Waals surface area contributed by atoms with E-state index in [1.807, 2.05) is 4.90 Å². The van der Waals surface area contributed by atoms with Gasteiger partial charge >= 0.3 is 0 Å². The van der Waals surface area contributed by atoms with Crippen LogP contribution in [0.15, 0.2) is 24.3 Å². The van der Waals surface area contributed by atoms with Crippen LogP contribution in [0.3, 0.4) is 0 Å². The Hall–Kier alpha value is -1.51. The molecule has 0 bridgehead atoms. The zero-order chi connectivity index (χ0) is 14.6. The fourth-order valence-corrected chi connectivity index (χ4v) is 2.52. The minimum absolute atomic E-state index is 0.169. The lowest BCUT2D eigenvalue weighted by Crippen LogP contribution is -2.39. The first-order valence-corrected chi connectivity index (χ1v) is 7.59. The van der Waals surface area contributed by atoms with Crippen LogP contribution in [0, 0.1) is 0 Å². The van der Waals surface area contributed by atoms with Crippen molar-refractivity contribution in [3.63, 3.8) is 0 Å². The van der Waals surface area contributed by atoms with Crippen molar-refractivity contribution in [1.82, 2.24) is 4.90 Å². The average Bonchev–Trinajstić information content (AvgIpc) is 2.45. The van der Waals surface area contributed by atoms with Gasteiger partial charge in [0.1, 0.15) is 0 Å². The molecule has 3 heteroatoms. The molecule has 1 aliphatic heterocycles. The molecule has 2 rings (SSSR count). The van der Waals surface area contributed by atoms with Crippen LogP contribution in [-0.2, 0) is 10.2 Å². The van der Waals surface area contributed by atoms with Crippen LogP contribution >= 0.6 is 0 Å². The van der Waals surface area contributed by atoms with Crippen molar-refractivity contribution in [2.24, 2.45) is 0 Å². The van der Waals surface area contributed by atoms with Gasteiger partial charge in [0.2, 0.25) is 5.91 Å². The van der Waals surface area contributed by atoms with Crippen molar-refractivity contribution in [1.29, 1.82) is 0 Å². The third-order valence-corrected chi connectivity index (χ3v) is 3.90. The molecule has 3 nitrogen and oxygen atoms in total. The molecule has 0 saturated carbocycles. The number of nitrogens with one attached hydrogen (secondary N) is 1. The van der Waals surface area contributed by atoms with Crippen molar-refractivity contribution >= 4 is 11.6 Å². The molecule has 1 saturated heterocycles. The van der Waals surface area contributed by atoms with Gasteiger partial charge in [0.05, 0.1) is 6.54 Å². The van der Waals surface area contributed by atoms with Crippen molar-refractivity contribution in [2.75, 3.05) is 25.0 Å². The van der Waals surface area contributed by atoms with E-state index in [4.69, 9.17) is 0 Å². The van der Waals surface area contributed by atoms with Crippen LogP contribution in [-0.4, -0.2) is 30.4 Å². The van der Waals surface area contributed by atoms with Gasteiger partial charge < -0.3 is 10.2 Å². The summed E-state index contributed by atoms with van der Waals surface area (Å²) in [5.41, 5.74) is 2.50. The largest absolute Gasteiger partial charge is 0.376 e. The number of piperidine rings is 1. The third kappa shape index (κ3) is 3.99. The highest BCUT2D eigenvalue weighted by atomic mass is 16.2. The molecular formula is C17H26N2O. The maximum absolute atomic E-state index is 12.1. The Balaban J connectivity index is 1.86. The van der Waals surface area contributed by atoms with Crippen LogP contribution in [0.2, 0.25) is 0 Å². The molecular weight excluding hydrogens is 248 g/mol. The highest BCUT2D eigenvalue weighted by molar-refractivity contribution is 5.80. The predicted octanol–water partition coefficient (Wildman–Crippen LogP) is 3.41. The molecule has 0 radical (unpaired) electrons. The molecule has 0 aromatic heterocycles. The molecule has 110 valence electrons. The first-order chi connectivity index (χ1) is 9.47. The Morgan fingerprint density at radius 2 is 1.70 bits per heavy atom. The van der Waals surface area contributed by atoms with Gasteiger partial charge in [-0.3, -0.25) is 4.79 Å². The molecule has 0 unspecified atom stereocenters. The minimum Gasteiger partial charge on any atom is -0.376 e. The summed E-state index contributed by atoms with van der Waals surface area (Å²) < 4.78 is 0. The molecule has 0 aliphatic carbocycles. The Labute approximate surface area is 122 Å². The summed E-state index contributed by atoms with van der Waals surface area (Å²) in [5, 5.41) is 3.23. The SMILES string of the molecule is CC(C)(C)c1ccc(NCC(=O)N2CCCCC2)cc1. The monoisotopic (exact) mass is 274 g/mol. The molecule has 0 spiro atoms. The molecule has 1 aromatic carbocycles. The van der Waals surface area contributed by atoms with Crippen LogP contribution < -0.4 is 5.32 Å². The van der Waals surface area contributed by atoms with Crippen molar-refractivity contribution in [2.45, 2.75) is 45.4 Å². The van der Waals surface area contributed by atoms with Crippen molar-refractivity contribution in [3.8, 4) is 0 Å². The Morgan fingerprint density at radius 1 is 1.10 bits per heavy atom. The summed E-state index contributed by atoms with van der Waals surface area (Å²) in [4.78, 5) is 14.0. The molecule has 1 N–H and O–H groups in total. The zero-order valence-electron chi connectivity index (χ0n) is 12.9. The van der Waals surface area contributed by atoms with Gasteiger partial charge in [-0.25, -0.2) is 0 Å². The standard InChI is InChI=1S/C17H26N2O/c1-17(2,3)14-7-9-15(10-8-14)18-13-16(20)19-11-5-4-6-12-19/h7-10,18H,4-6,11-13H2,1-3H3. The van der Waals surface area contributed by atoms with Gasteiger partial charge in [0, 0.05) is 18.8 Å². The number of anilines is 1. The lowest BCUT2D eigenvalue weighted by Gasteiger charge is -2.27. The smallest absolute Gasteiger partial charge is 0.241 e. The molecule has 1 fully saturated rings. The van der Waals surface area contributed by atoms with E-state index in [9.17, 15) is 4.79 Å². The van der Waals surface area contributed by atoms with Crippen LogP contribution in [0.5, 0.6) is 0 Å². The van der Waals surface area contributed by atoms with E-state index in [0.29, 0.717) is 6.54 Å². The number of rotatable bonds is 3. The zero-order valence-corrected chi connectivity index (χ0v) is 12.9. The highest BCUT2D eigenvalue weighted by Crippen LogP contribution is 2.23. The summed E-state index contributed by atoms with van der Waals surface area (Å²) in [6, 6.07) is 8.38. The normalized spacial score (nSPS) is 16.1. The van der Waals surface area contributed by atoms with E-state index in [-0.39, 0.29) is 11.3 Å². The fourth-order valence-electron chi connectivity index (χ4n) is 2.52. The number of hydrogen-bond donors (Lipinski definition) is 1. The molecule has 1 heterocycles. The molecule has 20 heavy (non-hydrogen) atoms. The summed E-state index contributed by atoms with van der Waals surface area (Å²) >= 11 is 0. The Bertz CT molecular complexity index is 439. The van der Waals surface area contributed by atoms with E-state index < -0.39 is 0 Å². The second-order valence-electron chi connectivity index (χ2n) is 6.62. The fraction of sp³-hybridized carbons (Fsp3) is 0.588. The minimum atomic E-state index is 0.169. The van der Waals surface area contributed by atoms with Crippen LogP contribution in [0.4, 0.5) is 5.69 Å². The van der Waals surface area contributed by atoms with E-state index in [0.717, 1.165) is 31.6 Å². The molecule has 1 aromatic rings. The first kappa shape index (κ1) is 14.9. The third-order valence-electron chi connectivity index (χ3n) is 3.90. The topological polar surface area (TPSA) is 32.3 Å². The number of likely N-dealkylation sites (tertiary alicyclic amines) is 1. The highest BCUT2D eigenvalue weighted by Gasteiger charge is 2.16. The lowest BCUT2D eigenvalue weighted by atomic mass is 9.87. The maximum Gasteiger partial charge on any atom is 0.241 e. The number of benzene rings is 1. The Morgan fingerprint density at radius 3 is 2.25 bits per heavy atom. The quantitative estimate of drug-likeness (QED) is 0.916. The maximum atomic E-state index is 12.1. The number of nitrogens with zero attached hydrogens (tertiary/aromatic N) is 1. The number of amides is 1. The number of hydrogen-bond acceptors (Lipinski definition) is 2. The number of carbonyl (C=O) groups excluding carboxylic acids is 1. The van der Waals surface area contributed by atoms with E-state index in [2.05, 4.69) is 50.4 Å². The predicted molar refractivity (Wildman–Crippen MR) is 84.1 cm³/mol. The van der Waals surface area contributed by atoms with E-state index in [1.54, 1.807) is 0 Å². The van der Waals surface area contributed by atoms with Gasteiger partial charge in [-0.1, -0.05) is 32.9 Å². The first-order valence-electron chi connectivity index (χ1n) is 7.59. The van der Waals surface area contributed by atoms with Crippen molar-refractivity contribution < 1.29 is 4.79 Å². The second-order valence-corrected chi connectivity index (χ2v) is 6.62. The summed E-state index contributed by atoms with van der Waals surface area (Å²) in [5.74, 6) is 0.213.